The van der Waals surface area contributed by atoms with Gasteiger partial charge in [-0.3, -0.25) is 0 Å². The van der Waals surface area contributed by atoms with Crippen LogP contribution in [-0.2, 0) is 0 Å². The molecule has 0 spiro atoms. The van der Waals surface area contributed by atoms with Crippen LogP contribution < -0.4 is 10.6 Å². The molecule has 1 saturated carbocycles. The molecule has 2 rings (SSSR count). The molecule has 0 amide bonds. The Morgan fingerprint density at radius 3 is 2.74 bits per heavy atom. The lowest BCUT2D eigenvalue weighted by atomic mass is 9.94. The lowest BCUT2D eigenvalue weighted by Crippen LogP contribution is -2.39. The fourth-order valence-electron chi connectivity index (χ4n) is 3.16. The monoisotopic (exact) mass is 260 g/mol. The summed E-state index contributed by atoms with van der Waals surface area (Å²) in [5.41, 5.74) is 9.04. The number of hydrogen-bond donors (Lipinski definition) is 1. The summed E-state index contributed by atoms with van der Waals surface area (Å²) < 4.78 is 0. The molecule has 1 aliphatic carbocycles. The summed E-state index contributed by atoms with van der Waals surface area (Å²) in [6.45, 7) is 6.58. The van der Waals surface area contributed by atoms with Gasteiger partial charge in [-0.05, 0) is 50.3 Å². The number of aryl methyl sites for hydroxylation is 1. The topological polar surface area (TPSA) is 29.3 Å². The van der Waals surface area contributed by atoms with Gasteiger partial charge < -0.3 is 10.6 Å². The van der Waals surface area contributed by atoms with E-state index in [-0.39, 0.29) is 0 Å². The van der Waals surface area contributed by atoms with Crippen molar-refractivity contribution in [2.75, 3.05) is 18.0 Å². The molecular weight excluding hydrogens is 232 g/mol. The highest BCUT2D eigenvalue weighted by Gasteiger charge is 2.22. The third-order valence-electron chi connectivity index (χ3n) is 4.42. The van der Waals surface area contributed by atoms with Gasteiger partial charge in [0, 0.05) is 24.8 Å². The first-order valence-corrected chi connectivity index (χ1v) is 7.78. The molecule has 2 nitrogen and oxygen atoms in total. The molecule has 106 valence electrons. The molecule has 1 aromatic carbocycles. The Morgan fingerprint density at radius 1 is 1.21 bits per heavy atom. The van der Waals surface area contributed by atoms with E-state index >= 15 is 0 Å². The van der Waals surface area contributed by atoms with Gasteiger partial charge in [-0.25, -0.2) is 0 Å². The third kappa shape index (κ3) is 3.97. The van der Waals surface area contributed by atoms with Crippen LogP contribution >= 0.6 is 0 Å². The maximum atomic E-state index is 6.36. The van der Waals surface area contributed by atoms with E-state index in [1.165, 1.54) is 43.4 Å². The summed E-state index contributed by atoms with van der Waals surface area (Å²) in [6, 6.07) is 9.21. The summed E-state index contributed by atoms with van der Waals surface area (Å²) in [4.78, 5) is 2.49. The van der Waals surface area contributed by atoms with Gasteiger partial charge in [-0.2, -0.15) is 0 Å². The minimum atomic E-state index is 0.390. The van der Waals surface area contributed by atoms with Crippen LogP contribution in [0.2, 0.25) is 0 Å². The number of nitrogens with zero attached hydrogens (tertiary/aromatic N) is 1. The van der Waals surface area contributed by atoms with Crippen molar-refractivity contribution >= 4 is 5.69 Å². The van der Waals surface area contributed by atoms with Gasteiger partial charge in [-0.1, -0.05) is 31.4 Å². The van der Waals surface area contributed by atoms with Crippen molar-refractivity contribution in [3.8, 4) is 0 Å². The van der Waals surface area contributed by atoms with Crippen LogP contribution in [0.3, 0.4) is 0 Å². The predicted molar refractivity (Wildman–Crippen MR) is 83.6 cm³/mol. The standard InChI is InChI=1S/C17H28N2/c1-3-19(16-10-7-8-14(2)12-16)13-15-9-5-4-6-11-17(15)18/h7-8,10,12,15,17H,3-6,9,11,13,18H2,1-2H3. The largest absolute Gasteiger partial charge is 0.371 e. The molecule has 2 heteroatoms. The molecule has 1 aliphatic rings. The van der Waals surface area contributed by atoms with E-state index in [2.05, 4.69) is 43.0 Å². The van der Waals surface area contributed by atoms with Gasteiger partial charge in [-0.15, -0.1) is 0 Å². The van der Waals surface area contributed by atoms with E-state index in [1.807, 2.05) is 0 Å². The van der Waals surface area contributed by atoms with E-state index in [1.54, 1.807) is 0 Å². The third-order valence-corrected chi connectivity index (χ3v) is 4.42. The highest BCUT2D eigenvalue weighted by Crippen LogP contribution is 2.25. The Kier molecular flexibility index (Phi) is 5.26. The summed E-state index contributed by atoms with van der Waals surface area (Å²) in [7, 11) is 0. The summed E-state index contributed by atoms with van der Waals surface area (Å²) in [6.07, 6.45) is 6.53. The lowest BCUT2D eigenvalue weighted by molar-refractivity contribution is 0.397. The van der Waals surface area contributed by atoms with Crippen molar-refractivity contribution in [3.05, 3.63) is 29.8 Å². The molecule has 2 atom stereocenters. The fraction of sp³-hybridized carbons (Fsp3) is 0.647. The second-order valence-corrected chi connectivity index (χ2v) is 5.94. The normalized spacial score (nSPS) is 23.9. The molecule has 2 unspecified atom stereocenters. The molecule has 1 aromatic rings. The predicted octanol–water partition coefficient (Wildman–Crippen LogP) is 3.73. The lowest BCUT2D eigenvalue weighted by Gasteiger charge is -2.31. The summed E-state index contributed by atoms with van der Waals surface area (Å²) in [5.74, 6) is 0.656. The zero-order valence-corrected chi connectivity index (χ0v) is 12.4. The Morgan fingerprint density at radius 2 is 2.00 bits per heavy atom. The van der Waals surface area contributed by atoms with Crippen LogP contribution in [0.1, 0.15) is 44.6 Å². The second kappa shape index (κ2) is 6.95. The number of benzene rings is 1. The molecule has 2 N–H and O–H groups in total. The quantitative estimate of drug-likeness (QED) is 0.836. The molecule has 0 radical (unpaired) electrons. The molecule has 0 aromatic heterocycles. The fourth-order valence-corrected chi connectivity index (χ4v) is 3.16. The second-order valence-electron chi connectivity index (χ2n) is 5.94. The van der Waals surface area contributed by atoms with Crippen molar-refractivity contribution in [2.45, 2.75) is 52.0 Å². The smallest absolute Gasteiger partial charge is 0.0368 e. The van der Waals surface area contributed by atoms with E-state index in [0.717, 1.165) is 13.1 Å². The van der Waals surface area contributed by atoms with Crippen LogP contribution in [0.5, 0.6) is 0 Å². The van der Waals surface area contributed by atoms with E-state index in [0.29, 0.717) is 12.0 Å². The van der Waals surface area contributed by atoms with Gasteiger partial charge in [0.05, 0.1) is 0 Å². The average molecular weight is 260 g/mol. The summed E-state index contributed by atoms with van der Waals surface area (Å²) >= 11 is 0. The van der Waals surface area contributed by atoms with E-state index < -0.39 is 0 Å². The van der Waals surface area contributed by atoms with Gasteiger partial charge in [0.15, 0.2) is 0 Å². The molecule has 0 aliphatic heterocycles. The van der Waals surface area contributed by atoms with Crippen molar-refractivity contribution in [1.82, 2.24) is 0 Å². The minimum absolute atomic E-state index is 0.390. The van der Waals surface area contributed by atoms with Gasteiger partial charge in [0.2, 0.25) is 0 Å². The van der Waals surface area contributed by atoms with Crippen LogP contribution in [0.4, 0.5) is 5.69 Å². The minimum Gasteiger partial charge on any atom is -0.371 e. The van der Waals surface area contributed by atoms with Gasteiger partial charge in [0.1, 0.15) is 0 Å². The zero-order valence-electron chi connectivity index (χ0n) is 12.4. The zero-order chi connectivity index (χ0) is 13.7. The first kappa shape index (κ1) is 14.4. The Balaban J connectivity index is 2.05. The number of anilines is 1. The Hall–Kier alpha value is -1.02. The summed E-state index contributed by atoms with van der Waals surface area (Å²) in [5, 5.41) is 0. The van der Waals surface area contributed by atoms with E-state index in [4.69, 9.17) is 5.73 Å². The van der Waals surface area contributed by atoms with E-state index in [9.17, 15) is 0 Å². The van der Waals surface area contributed by atoms with Crippen molar-refractivity contribution in [2.24, 2.45) is 11.7 Å². The average Bonchev–Trinajstić information content (AvgIpc) is 2.61. The highest BCUT2D eigenvalue weighted by atomic mass is 15.1. The molecule has 19 heavy (non-hydrogen) atoms. The molecule has 0 saturated heterocycles. The van der Waals surface area contributed by atoms with Gasteiger partial charge >= 0.3 is 0 Å². The van der Waals surface area contributed by atoms with Crippen molar-refractivity contribution < 1.29 is 0 Å². The first-order chi connectivity index (χ1) is 9.20. The maximum Gasteiger partial charge on any atom is 0.0368 e. The van der Waals surface area contributed by atoms with Crippen LogP contribution in [0.15, 0.2) is 24.3 Å². The Labute approximate surface area is 118 Å². The molecule has 0 bridgehead atoms. The number of rotatable bonds is 4. The SMILES string of the molecule is CCN(CC1CCCCCC1N)c1cccc(C)c1. The van der Waals surface area contributed by atoms with Crippen molar-refractivity contribution in [3.63, 3.8) is 0 Å². The van der Waals surface area contributed by atoms with Gasteiger partial charge in [0.25, 0.3) is 0 Å². The highest BCUT2D eigenvalue weighted by molar-refractivity contribution is 5.48. The first-order valence-electron chi connectivity index (χ1n) is 7.78. The number of hydrogen-bond acceptors (Lipinski definition) is 2. The maximum absolute atomic E-state index is 6.36. The number of nitrogens with two attached hydrogens (primary N) is 1. The Bertz CT molecular complexity index is 389. The molecular formula is C17H28N2. The van der Waals surface area contributed by atoms with Crippen LogP contribution in [0.25, 0.3) is 0 Å². The van der Waals surface area contributed by atoms with Crippen LogP contribution in [-0.4, -0.2) is 19.1 Å². The molecule has 1 fully saturated rings. The van der Waals surface area contributed by atoms with Crippen LogP contribution in [0, 0.1) is 12.8 Å². The van der Waals surface area contributed by atoms with Crippen molar-refractivity contribution in [1.29, 1.82) is 0 Å². The molecule has 0 heterocycles.